The predicted octanol–water partition coefficient (Wildman–Crippen LogP) is 4.72. The van der Waals surface area contributed by atoms with Gasteiger partial charge in [-0.2, -0.15) is 0 Å². The molecule has 17 heavy (non-hydrogen) atoms. The molecule has 0 bridgehead atoms. The summed E-state index contributed by atoms with van der Waals surface area (Å²) in [6.07, 6.45) is 0. The van der Waals surface area contributed by atoms with Crippen molar-refractivity contribution in [1.82, 2.24) is 4.98 Å². The molecule has 2 aromatic rings. The highest BCUT2D eigenvalue weighted by atomic mass is 35.5. The molecule has 0 spiro atoms. The van der Waals surface area contributed by atoms with Gasteiger partial charge in [-0.1, -0.05) is 34.8 Å². The lowest BCUT2D eigenvalue weighted by molar-refractivity contribution is 0.415. The fraction of sp³-hybridized carbons (Fsp3) is 0.0833. The Morgan fingerprint density at radius 3 is 2.24 bits per heavy atom. The maximum Gasteiger partial charge on any atom is 0.148 e. The average molecular weight is 289 g/mol. The normalized spacial score (nSPS) is 10.4. The molecule has 1 aromatic carbocycles. The molecular formula is C12H8Cl3NO. The van der Waals surface area contributed by atoms with E-state index >= 15 is 0 Å². The van der Waals surface area contributed by atoms with Gasteiger partial charge in [0.05, 0.1) is 22.8 Å². The summed E-state index contributed by atoms with van der Waals surface area (Å²) < 4.78 is 5.08. The van der Waals surface area contributed by atoms with Crippen LogP contribution in [0.3, 0.4) is 0 Å². The summed E-state index contributed by atoms with van der Waals surface area (Å²) in [5.74, 6) is 0.768. The van der Waals surface area contributed by atoms with E-state index in [0.29, 0.717) is 15.7 Å². The molecule has 0 aliphatic rings. The molecule has 1 heterocycles. The predicted molar refractivity (Wildman–Crippen MR) is 71.3 cm³/mol. The van der Waals surface area contributed by atoms with Gasteiger partial charge in [-0.25, -0.2) is 4.98 Å². The molecule has 0 fully saturated rings. The third-order valence-corrected chi connectivity index (χ3v) is 3.21. The highest BCUT2D eigenvalue weighted by Crippen LogP contribution is 2.32. The van der Waals surface area contributed by atoms with E-state index in [0.717, 1.165) is 11.3 Å². The second-order valence-corrected chi connectivity index (χ2v) is 4.49. The molecule has 0 aliphatic carbocycles. The number of pyridine rings is 1. The van der Waals surface area contributed by atoms with Crippen LogP contribution in [0.2, 0.25) is 15.2 Å². The van der Waals surface area contributed by atoms with Crippen LogP contribution in [0, 0.1) is 0 Å². The SMILES string of the molecule is COc1ccc(-c2nc(Cl)c(Cl)cc2Cl)cc1. The van der Waals surface area contributed by atoms with Gasteiger partial charge in [-0.05, 0) is 30.3 Å². The Morgan fingerprint density at radius 1 is 1.00 bits per heavy atom. The Bertz CT molecular complexity index is 540. The third-order valence-electron chi connectivity index (χ3n) is 2.25. The topological polar surface area (TPSA) is 22.1 Å². The molecule has 0 aliphatic heterocycles. The molecule has 0 unspecified atom stereocenters. The smallest absolute Gasteiger partial charge is 0.148 e. The van der Waals surface area contributed by atoms with Crippen LogP contribution in [0.25, 0.3) is 11.3 Å². The average Bonchev–Trinajstić information content (AvgIpc) is 2.34. The lowest BCUT2D eigenvalue weighted by Gasteiger charge is -2.06. The Morgan fingerprint density at radius 2 is 1.65 bits per heavy atom. The van der Waals surface area contributed by atoms with Crippen molar-refractivity contribution in [2.75, 3.05) is 7.11 Å². The fourth-order valence-electron chi connectivity index (χ4n) is 1.40. The highest BCUT2D eigenvalue weighted by molar-refractivity contribution is 6.42. The van der Waals surface area contributed by atoms with Crippen LogP contribution in [0.15, 0.2) is 30.3 Å². The number of hydrogen-bond acceptors (Lipinski definition) is 2. The molecule has 0 saturated carbocycles. The summed E-state index contributed by atoms with van der Waals surface area (Å²) in [7, 11) is 1.61. The summed E-state index contributed by atoms with van der Waals surface area (Å²) in [6.45, 7) is 0. The number of nitrogens with zero attached hydrogens (tertiary/aromatic N) is 1. The van der Waals surface area contributed by atoms with Gasteiger partial charge in [0.2, 0.25) is 0 Å². The van der Waals surface area contributed by atoms with Gasteiger partial charge in [0.1, 0.15) is 10.9 Å². The van der Waals surface area contributed by atoms with Crippen LogP contribution < -0.4 is 4.74 Å². The molecule has 2 nitrogen and oxygen atoms in total. The Labute approximate surface area is 114 Å². The second-order valence-electron chi connectivity index (χ2n) is 3.32. The highest BCUT2D eigenvalue weighted by Gasteiger charge is 2.09. The lowest BCUT2D eigenvalue weighted by Crippen LogP contribution is -1.88. The maximum absolute atomic E-state index is 6.07. The first-order chi connectivity index (χ1) is 8.11. The zero-order valence-corrected chi connectivity index (χ0v) is 11.1. The monoisotopic (exact) mass is 287 g/mol. The molecule has 5 heteroatoms. The van der Waals surface area contributed by atoms with Crippen LogP contribution >= 0.6 is 34.8 Å². The van der Waals surface area contributed by atoms with E-state index in [-0.39, 0.29) is 5.15 Å². The van der Waals surface area contributed by atoms with Crippen molar-refractivity contribution >= 4 is 34.8 Å². The first kappa shape index (κ1) is 12.5. The van der Waals surface area contributed by atoms with Gasteiger partial charge >= 0.3 is 0 Å². The Hall–Kier alpha value is -0.960. The quantitative estimate of drug-likeness (QED) is 0.746. The molecule has 0 atom stereocenters. The molecule has 0 amide bonds. The van der Waals surface area contributed by atoms with Gasteiger partial charge in [0.15, 0.2) is 0 Å². The van der Waals surface area contributed by atoms with Crippen molar-refractivity contribution in [1.29, 1.82) is 0 Å². The van der Waals surface area contributed by atoms with Crippen LogP contribution in [-0.4, -0.2) is 12.1 Å². The van der Waals surface area contributed by atoms with E-state index in [4.69, 9.17) is 39.5 Å². The lowest BCUT2D eigenvalue weighted by atomic mass is 10.1. The number of ether oxygens (including phenoxy) is 1. The first-order valence-corrected chi connectivity index (χ1v) is 5.91. The van der Waals surface area contributed by atoms with E-state index < -0.39 is 0 Å². The number of aromatic nitrogens is 1. The number of benzene rings is 1. The number of rotatable bonds is 2. The molecular weight excluding hydrogens is 280 g/mol. The zero-order valence-electron chi connectivity index (χ0n) is 8.88. The Kier molecular flexibility index (Phi) is 3.77. The maximum atomic E-state index is 6.07. The minimum absolute atomic E-state index is 0.238. The van der Waals surface area contributed by atoms with Crippen LogP contribution in [0.5, 0.6) is 5.75 Å². The van der Waals surface area contributed by atoms with Gasteiger partial charge in [-0.15, -0.1) is 0 Å². The van der Waals surface area contributed by atoms with E-state index in [1.807, 2.05) is 24.3 Å². The number of methoxy groups -OCH3 is 1. The van der Waals surface area contributed by atoms with Crippen molar-refractivity contribution in [3.8, 4) is 17.0 Å². The van der Waals surface area contributed by atoms with Crippen molar-refractivity contribution in [2.45, 2.75) is 0 Å². The van der Waals surface area contributed by atoms with Gasteiger partial charge in [0, 0.05) is 5.56 Å². The summed E-state index contributed by atoms with van der Waals surface area (Å²) >= 11 is 17.8. The van der Waals surface area contributed by atoms with Gasteiger partial charge < -0.3 is 4.74 Å². The van der Waals surface area contributed by atoms with E-state index in [2.05, 4.69) is 4.98 Å². The van der Waals surface area contributed by atoms with Crippen LogP contribution in [0.1, 0.15) is 0 Å². The van der Waals surface area contributed by atoms with Crippen LogP contribution in [-0.2, 0) is 0 Å². The fourth-order valence-corrected chi connectivity index (χ4v) is 2.00. The molecule has 0 saturated heterocycles. The second kappa shape index (κ2) is 5.13. The first-order valence-electron chi connectivity index (χ1n) is 4.78. The summed E-state index contributed by atoms with van der Waals surface area (Å²) in [6, 6.07) is 8.96. The molecule has 1 aromatic heterocycles. The van der Waals surface area contributed by atoms with Crippen molar-refractivity contribution in [2.24, 2.45) is 0 Å². The zero-order chi connectivity index (χ0) is 12.4. The van der Waals surface area contributed by atoms with Crippen molar-refractivity contribution in [3.05, 3.63) is 45.5 Å². The van der Waals surface area contributed by atoms with E-state index in [9.17, 15) is 0 Å². The van der Waals surface area contributed by atoms with Crippen LogP contribution in [0.4, 0.5) is 0 Å². The van der Waals surface area contributed by atoms with Gasteiger partial charge in [-0.3, -0.25) is 0 Å². The molecule has 2 rings (SSSR count). The van der Waals surface area contributed by atoms with Gasteiger partial charge in [0.25, 0.3) is 0 Å². The summed E-state index contributed by atoms with van der Waals surface area (Å²) in [4.78, 5) is 4.16. The number of hydrogen-bond donors (Lipinski definition) is 0. The van der Waals surface area contributed by atoms with Crippen molar-refractivity contribution in [3.63, 3.8) is 0 Å². The molecule has 0 radical (unpaired) electrons. The standard InChI is InChI=1S/C12H8Cl3NO/c1-17-8-4-2-7(3-5-8)11-9(13)6-10(14)12(15)16-11/h2-6H,1H3. The minimum atomic E-state index is 0.238. The largest absolute Gasteiger partial charge is 0.497 e. The summed E-state index contributed by atoms with van der Waals surface area (Å²) in [5.41, 5.74) is 1.46. The third kappa shape index (κ3) is 2.65. The summed E-state index contributed by atoms with van der Waals surface area (Å²) in [5, 5.41) is 1.04. The molecule has 0 N–H and O–H groups in total. The van der Waals surface area contributed by atoms with E-state index in [1.165, 1.54) is 0 Å². The Balaban J connectivity index is 2.48. The number of halogens is 3. The minimum Gasteiger partial charge on any atom is -0.497 e. The van der Waals surface area contributed by atoms with Crippen molar-refractivity contribution < 1.29 is 4.74 Å². The molecule has 88 valence electrons. The van der Waals surface area contributed by atoms with E-state index in [1.54, 1.807) is 13.2 Å².